The lowest BCUT2D eigenvalue weighted by Crippen LogP contribution is -2.38. The minimum absolute atomic E-state index is 0.0394. The molecule has 0 unspecified atom stereocenters. The molecular formula is C12H15FN2OS. The molecule has 3 nitrogen and oxygen atoms in total. The van der Waals surface area contributed by atoms with Crippen molar-refractivity contribution < 1.29 is 9.50 Å². The SMILES string of the molecule is OCCNC(=S)N[C@H]1CCc2c(F)cccc21. The van der Waals surface area contributed by atoms with Crippen LogP contribution in [0.15, 0.2) is 18.2 Å². The van der Waals surface area contributed by atoms with E-state index in [-0.39, 0.29) is 18.5 Å². The van der Waals surface area contributed by atoms with Gasteiger partial charge in [0.15, 0.2) is 5.11 Å². The van der Waals surface area contributed by atoms with Crippen LogP contribution in [0.25, 0.3) is 0 Å². The highest BCUT2D eigenvalue weighted by Crippen LogP contribution is 2.32. The molecule has 0 fully saturated rings. The Labute approximate surface area is 105 Å². The molecule has 1 atom stereocenters. The average molecular weight is 254 g/mol. The first-order valence-corrected chi connectivity index (χ1v) is 6.05. The van der Waals surface area contributed by atoms with Crippen LogP contribution < -0.4 is 10.6 Å². The van der Waals surface area contributed by atoms with Gasteiger partial charge in [-0.15, -0.1) is 0 Å². The number of aliphatic hydroxyl groups excluding tert-OH is 1. The van der Waals surface area contributed by atoms with Crippen LogP contribution in [0.3, 0.4) is 0 Å². The van der Waals surface area contributed by atoms with E-state index in [0.717, 1.165) is 24.0 Å². The molecule has 1 aliphatic rings. The van der Waals surface area contributed by atoms with Crippen molar-refractivity contribution in [1.29, 1.82) is 0 Å². The number of rotatable bonds is 3. The number of thiocarbonyl (C=S) groups is 1. The Kier molecular flexibility index (Phi) is 3.91. The lowest BCUT2D eigenvalue weighted by atomic mass is 10.1. The Hall–Kier alpha value is -1.20. The van der Waals surface area contributed by atoms with Crippen molar-refractivity contribution in [2.45, 2.75) is 18.9 Å². The van der Waals surface area contributed by atoms with Gasteiger partial charge in [0.05, 0.1) is 12.6 Å². The van der Waals surface area contributed by atoms with E-state index in [2.05, 4.69) is 10.6 Å². The number of nitrogens with one attached hydrogen (secondary N) is 2. The summed E-state index contributed by atoms with van der Waals surface area (Å²) >= 11 is 5.09. The van der Waals surface area contributed by atoms with Crippen LogP contribution in [0.1, 0.15) is 23.6 Å². The molecule has 0 bridgehead atoms. The standard InChI is InChI=1S/C12H15FN2OS/c13-10-3-1-2-9-8(10)4-5-11(9)15-12(17)14-6-7-16/h1-3,11,16H,4-7H2,(H2,14,15,17)/t11-/m0/s1. The van der Waals surface area contributed by atoms with E-state index in [1.165, 1.54) is 6.07 Å². The summed E-state index contributed by atoms with van der Waals surface area (Å²) < 4.78 is 13.5. The molecule has 0 amide bonds. The first-order chi connectivity index (χ1) is 8.22. The normalized spacial score (nSPS) is 17.6. The van der Waals surface area contributed by atoms with E-state index in [9.17, 15) is 4.39 Å². The zero-order valence-electron chi connectivity index (χ0n) is 9.37. The van der Waals surface area contributed by atoms with Gasteiger partial charge in [0.2, 0.25) is 0 Å². The minimum atomic E-state index is -0.138. The molecule has 3 N–H and O–H groups in total. The third kappa shape index (κ3) is 2.73. The number of fused-ring (bicyclic) bond motifs is 1. The van der Waals surface area contributed by atoms with Crippen LogP contribution >= 0.6 is 12.2 Å². The second-order valence-corrected chi connectivity index (χ2v) is 4.43. The van der Waals surface area contributed by atoms with Crippen LogP contribution in [-0.2, 0) is 6.42 Å². The fraction of sp³-hybridized carbons (Fsp3) is 0.417. The van der Waals surface area contributed by atoms with Gasteiger partial charge in [0.1, 0.15) is 5.82 Å². The van der Waals surface area contributed by atoms with Crippen LogP contribution in [0, 0.1) is 5.82 Å². The number of hydrogen-bond acceptors (Lipinski definition) is 2. The molecule has 17 heavy (non-hydrogen) atoms. The maximum Gasteiger partial charge on any atom is 0.166 e. The van der Waals surface area contributed by atoms with Crippen molar-refractivity contribution in [2.75, 3.05) is 13.2 Å². The summed E-state index contributed by atoms with van der Waals surface area (Å²) in [4.78, 5) is 0. The zero-order chi connectivity index (χ0) is 12.3. The minimum Gasteiger partial charge on any atom is -0.395 e. The van der Waals surface area contributed by atoms with Crippen LogP contribution in [0.5, 0.6) is 0 Å². The fourth-order valence-electron chi connectivity index (χ4n) is 2.14. The van der Waals surface area contributed by atoms with Gasteiger partial charge in [-0.05, 0) is 42.3 Å². The molecule has 0 aliphatic heterocycles. The number of hydrogen-bond donors (Lipinski definition) is 3. The fourth-order valence-corrected chi connectivity index (χ4v) is 2.38. The summed E-state index contributed by atoms with van der Waals surface area (Å²) in [6.07, 6.45) is 1.58. The molecule has 0 saturated carbocycles. The van der Waals surface area contributed by atoms with Gasteiger partial charge in [-0.3, -0.25) is 0 Å². The summed E-state index contributed by atoms with van der Waals surface area (Å²) in [6, 6.07) is 5.21. The second kappa shape index (κ2) is 5.42. The van der Waals surface area contributed by atoms with Crippen molar-refractivity contribution in [2.24, 2.45) is 0 Å². The Morgan fingerprint density at radius 3 is 3.12 bits per heavy atom. The van der Waals surface area contributed by atoms with Gasteiger partial charge < -0.3 is 15.7 Å². The first kappa shape index (κ1) is 12.3. The molecule has 5 heteroatoms. The predicted molar refractivity (Wildman–Crippen MR) is 68.3 cm³/mol. The van der Waals surface area contributed by atoms with Gasteiger partial charge in [0, 0.05) is 6.54 Å². The Morgan fingerprint density at radius 2 is 2.35 bits per heavy atom. The van der Waals surface area contributed by atoms with Gasteiger partial charge in [-0.25, -0.2) is 4.39 Å². The third-order valence-electron chi connectivity index (χ3n) is 2.92. The maximum absolute atomic E-state index is 13.5. The highest BCUT2D eigenvalue weighted by molar-refractivity contribution is 7.80. The Morgan fingerprint density at radius 1 is 1.53 bits per heavy atom. The highest BCUT2D eigenvalue weighted by Gasteiger charge is 2.24. The molecule has 0 spiro atoms. The molecule has 0 aromatic heterocycles. The van der Waals surface area contributed by atoms with Crippen molar-refractivity contribution >= 4 is 17.3 Å². The van der Waals surface area contributed by atoms with Gasteiger partial charge in [0.25, 0.3) is 0 Å². The molecule has 1 aromatic carbocycles. The Balaban J connectivity index is 2.02. The monoisotopic (exact) mass is 254 g/mol. The quantitative estimate of drug-likeness (QED) is 0.711. The van der Waals surface area contributed by atoms with Crippen molar-refractivity contribution in [1.82, 2.24) is 10.6 Å². The van der Waals surface area contributed by atoms with Crippen molar-refractivity contribution in [3.05, 3.63) is 35.1 Å². The molecule has 2 rings (SSSR count). The summed E-state index contributed by atoms with van der Waals surface area (Å²) in [5.74, 6) is -0.138. The van der Waals surface area contributed by atoms with E-state index in [1.54, 1.807) is 6.07 Å². The average Bonchev–Trinajstić information content (AvgIpc) is 2.71. The molecule has 0 saturated heterocycles. The van der Waals surface area contributed by atoms with Gasteiger partial charge >= 0.3 is 0 Å². The highest BCUT2D eigenvalue weighted by atomic mass is 32.1. The topological polar surface area (TPSA) is 44.3 Å². The first-order valence-electron chi connectivity index (χ1n) is 5.65. The van der Waals surface area contributed by atoms with E-state index >= 15 is 0 Å². The predicted octanol–water partition coefficient (Wildman–Crippen LogP) is 1.27. The molecule has 0 radical (unpaired) electrons. The summed E-state index contributed by atoms with van der Waals surface area (Å²) in [6.45, 7) is 0.465. The number of aliphatic hydroxyl groups is 1. The van der Waals surface area contributed by atoms with Crippen LogP contribution in [0.2, 0.25) is 0 Å². The lowest BCUT2D eigenvalue weighted by Gasteiger charge is -2.16. The van der Waals surface area contributed by atoms with Crippen LogP contribution in [0.4, 0.5) is 4.39 Å². The van der Waals surface area contributed by atoms with Gasteiger partial charge in [-0.1, -0.05) is 12.1 Å². The van der Waals surface area contributed by atoms with E-state index in [4.69, 9.17) is 17.3 Å². The lowest BCUT2D eigenvalue weighted by molar-refractivity contribution is 0.300. The Bertz CT molecular complexity index is 425. The number of halogens is 1. The van der Waals surface area contributed by atoms with Gasteiger partial charge in [-0.2, -0.15) is 0 Å². The molecule has 0 heterocycles. The molecule has 92 valence electrons. The second-order valence-electron chi connectivity index (χ2n) is 4.02. The smallest absolute Gasteiger partial charge is 0.166 e. The summed E-state index contributed by atoms with van der Waals surface area (Å²) in [5, 5.41) is 15.2. The number of benzene rings is 1. The summed E-state index contributed by atoms with van der Waals surface area (Å²) in [5.41, 5.74) is 1.77. The van der Waals surface area contributed by atoms with Crippen molar-refractivity contribution in [3.8, 4) is 0 Å². The van der Waals surface area contributed by atoms with Crippen LogP contribution in [-0.4, -0.2) is 23.4 Å². The maximum atomic E-state index is 13.5. The zero-order valence-corrected chi connectivity index (χ0v) is 10.2. The molecular weight excluding hydrogens is 239 g/mol. The van der Waals surface area contributed by atoms with E-state index in [1.807, 2.05) is 6.07 Å². The molecule has 1 aliphatic carbocycles. The van der Waals surface area contributed by atoms with Crippen molar-refractivity contribution in [3.63, 3.8) is 0 Å². The third-order valence-corrected chi connectivity index (χ3v) is 3.18. The molecule has 1 aromatic rings. The summed E-state index contributed by atoms with van der Waals surface area (Å²) in [7, 11) is 0. The van der Waals surface area contributed by atoms with E-state index < -0.39 is 0 Å². The van der Waals surface area contributed by atoms with E-state index in [0.29, 0.717) is 11.7 Å². The largest absolute Gasteiger partial charge is 0.395 e.